The SMILES string of the molecule is CC(C)[C@@H](C(=O)OC(C)(C)C)N(C)C(=O)[C@H]1CC[C@@H](C(=O)N(C)C)N1Cc1ccccc1. The molecule has 7 heteroatoms. The first kappa shape index (κ1) is 25.8. The Morgan fingerprint density at radius 1 is 1.00 bits per heavy atom. The van der Waals surface area contributed by atoms with Crippen molar-refractivity contribution < 1.29 is 19.1 Å². The van der Waals surface area contributed by atoms with Gasteiger partial charge in [-0.25, -0.2) is 4.79 Å². The Labute approximate surface area is 192 Å². The van der Waals surface area contributed by atoms with Crippen LogP contribution in [0.15, 0.2) is 30.3 Å². The van der Waals surface area contributed by atoms with Crippen molar-refractivity contribution >= 4 is 17.8 Å². The summed E-state index contributed by atoms with van der Waals surface area (Å²) in [7, 11) is 5.14. The summed E-state index contributed by atoms with van der Waals surface area (Å²) in [6, 6.07) is 8.31. The van der Waals surface area contributed by atoms with Gasteiger partial charge < -0.3 is 14.5 Å². The molecular formula is C25H39N3O4. The maximum atomic E-state index is 13.7. The lowest BCUT2D eigenvalue weighted by Gasteiger charge is -2.36. The first-order chi connectivity index (χ1) is 14.8. The van der Waals surface area contributed by atoms with Crippen LogP contribution in [0.4, 0.5) is 0 Å². The fourth-order valence-corrected chi connectivity index (χ4v) is 4.32. The molecule has 0 saturated carbocycles. The van der Waals surface area contributed by atoms with Crippen LogP contribution >= 0.6 is 0 Å². The predicted octanol–water partition coefficient (Wildman–Crippen LogP) is 2.93. The van der Waals surface area contributed by atoms with Crippen LogP contribution in [0.5, 0.6) is 0 Å². The molecule has 178 valence electrons. The Morgan fingerprint density at radius 3 is 2.00 bits per heavy atom. The Balaban J connectivity index is 2.31. The number of amides is 2. The van der Waals surface area contributed by atoms with Crippen molar-refractivity contribution in [3.05, 3.63) is 35.9 Å². The van der Waals surface area contributed by atoms with Crippen molar-refractivity contribution in [1.29, 1.82) is 0 Å². The van der Waals surface area contributed by atoms with E-state index in [1.54, 1.807) is 26.0 Å². The van der Waals surface area contributed by atoms with Crippen LogP contribution in [0.3, 0.4) is 0 Å². The van der Waals surface area contributed by atoms with Crippen LogP contribution in [0.2, 0.25) is 0 Å². The molecule has 0 N–H and O–H groups in total. The highest BCUT2D eigenvalue weighted by Crippen LogP contribution is 2.30. The summed E-state index contributed by atoms with van der Waals surface area (Å²) in [5.74, 6) is -0.676. The third-order valence-electron chi connectivity index (χ3n) is 5.78. The van der Waals surface area contributed by atoms with Gasteiger partial charge in [-0.05, 0) is 45.1 Å². The highest BCUT2D eigenvalue weighted by atomic mass is 16.6. The van der Waals surface area contributed by atoms with Crippen LogP contribution in [0.1, 0.15) is 53.0 Å². The van der Waals surface area contributed by atoms with E-state index in [9.17, 15) is 14.4 Å². The summed E-state index contributed by atoms with van der Waals surface area (Å²) in [5, 5.41) is 0. The van der Waals surface area contributed by atoms with E-state index in [1.165, 1.54) is 4.90 Å². The van der Waals surface area contributed by atoms with Crippen molar-refractivity contribution in [3.8, 4) is 0 Å². The molecule has 1 saturated heterocycles. The van der Waals surface area contributed by atoms with Gasteiger partial charge in [-0.1, -0.05) is 44.2 Å². The number of ether oxygens (including phenoxy) is 1. The van der Waals surface area contributed by atoms with Crippen LogP contribution in [-0.4, -0.2) is 77.4 Å². The smallest absolute Gasteiger partial charge is 0.329 e. The van der Waals surface area contributed by atoms with Gasteiger partial charge in [0, 0.05) is 27.7 Å². The number of hydrogen-bond acceptors (Lipinski definition) is 5. The molecule has 0 aromatic heterocycles. The molecule has 2 amide bonds. The van der Waals surface area contributed by atoms with Crippen molar-refractivity contribution in [1.82, 2.24) is 14.7 Å². The van der Waals surface area contributed by atoms with E-state index in [-0.39, 0.29) is 23.8 Å². The lowest BCUT2D eigenvalue weighted by molar-refractivity contribution is -0.167. The summed E-state index contributed by atoms with van der Waals surface area (Å²) in [6.07, 6.45) is 1.17. The molecule has 1 heterocycles. The second kappa shape index (κ2) is 10.5. The summed E-state index contributed by atoms with van der Waals surface area (Å²) < 4.78 is 5.60. The van der Waals surface area contributed by atoms with E-state index in [0.29, 0.717) is 19.4 Å². The number of hydrogen-bond donors (Lipinski definition) is 0. The van der Waals surface area contributed by atoms with Gasteiger partial charge in [0.2, 0.25) is 11.8 Å². The van der Waals surface area contributed by atoms with Gasteiger partial charge in [0.15, 0.2) is 0 Å². The second-order valence-electron chi connectivity index (χ2n) is 10.2. The van der Waals surface area contributed by atoms with Crippen LogP contribution in [0.25, 0.3) is 0 Å². The Morgan fingerprint density at radius 2 is 1.53 bits per heavy atom. The maximum absolute atomic E-state index is 13.7. The number of likely N-dealkylation sites (N-methyl/N-ethyl adjacent to an activating group) is 2. The zero-order chi connectivity index (χ0) is 24.2. The molecule has 1 aliphatic heterocycles. The minimum Gasteiger partial charge on any atom is -0.458 e. The van der Waals surface area contributed by atoms with Gasteiger partial charge in [-0.3, -0.25) is 14.5 Å². The Kier molecular flexibility index (Phi) is 8.46. The van der Waals surface area contributed by atoms with Gasteiger partial charge in [0.25, 0.3) is 0 Å². The van der Waals surface area contributed by atoms with E-state index in [4.69, 9.17) is 4.74 Å². The van der Waals surface area contributed by atoms with E-state index in [1.807, 2.05) is 69.9 Å². The Hall–Kier alpha value is -2.41. The molecule has 0 radical (unpaired) electrons. The average molecular weight is 446 g/mol. The number of carbonyl (C=O) groups is 3. The molecule has 32 heavy (non-hydrogen) atoms. The van der Waals surface area contributed by atoms with E-state index in [2.05, 4.69) is 0 Å². The Bertz CT molecular complexity index is 801. The maximum Gasteiger partial charge on any atom is 0.329 e. The van der Waals surface area contributed by atoms with Crippen LogP contribution < -0.4 is 0 Å². The predicted molar refractivity (Wildman–Crippen MR) is 125 cm³/mol. The molecule has 1 fully saturated rings. The lowest BCUT2D eigenvalue weighted by Crippen LogP contribution is -2.55. The zero-order valence-electron chi connectivity index (χ0n) is 20.8. The molecule has 1 aromatic rings. The average Bonchev–Trinajstić information content (AvgIpc) is 3.09. The third-order valence-corrected chi connectivity index (χ3v) is 5.78. The summed E-state index contributed by atoms with van der Waals surface area (Å²) >= 11 is 0. The molecule has 0 spiro atoms. The van der Waals surface area contributed by atoms with E-state index in [0.717, 1.165) is 5.56 Å². The van der Waals surface area contributed by atoms with E-state index < -0.39 is 23.7 Å². The fraction of sp³-hybridized carbons (Fsp3) is 0.640. The quantitative estimate of drug-likeness (QED) is 0.604. The number of esters is 1. The number of likely N-dealkylation sites (tertiary alicyclic amines) is 1. The van der Waals surface area contributed by atoms with Crippen molar-refractivity contribution in [3.63, 3.8) is 0 Å². The van der Waals surface area contributed by atoms with Crippen molar-refractivity contribution in [2.45, 2.75) is 77.7 Å². The first-order valence-electron chi connectivity index (χ1n) is 11.3. The van der Waals surface area contributed by atoms with E-state index >= 15 is 0 Å². The number of rotatable bonds is 7. The van der Waals surface area contributed by atoms with Gasteiger partial charge >= 0.3 is 5.97 Å². The largest absolute Gasteiger partial charge is 0.458 e. The highest BCUT2D eigenvalue weighted by molar-refractivity contribution is 5.89. The normalized spacial score (nSPS) is 20.2. The molecule has 0 aliphatic carbocycles. The van der Waals surface area contributed by atoms with Gasteiger partial charge in [0.1, 0.15) is 11.6 Å². The van der Waals surface area contributed by atoms with Crippen molar-refractivity contribution in [2.24, 2.45) is 5.92 Å². The standard InChI is InChI=1S/C25H39N3O4/c1-17(2)21(24(31)32-25(3,4)5)27(8)23(30)20-15-14-19(22(29)26(6)7)28(20)16-18-12-10-9-11-13-18/h9-13,17,19-21H,14-16H2,1-8H3/t19-,20+,21-/m0/s1. The molecule has 1 aromatic carbocycles. The molecule has 1 aliphatic rings. The number of nitrogens with zero attached hydrogens (tertiary/aromatic N) is 3. The third kappa shape index (κ3) is 6.31. The lowest BCUT2D eigenvalue weighted by atomic mass is 10.0. The zero-order valence-corrected chi connectivity index (χ0v) is 20.8. The molecule has 7 nitrogen and oxygen atoms in total. The highest BCUT2D eigenvalue weighted by Gasteiger charge is 2.45. The van der Waals surface area contributed by atoms with Crippen molar-refractivity contribution in [2.75, 3.05) is 21.1 Å². The molecule has 3 atom stereocenters. The molecule has 2 rings (SSSR count). The topological polar surface area (TPSA) is 70.2 Å². The summed E-state index contributed by atoms with van der Waals surface area (Å²) in [5.41, 5.74) is 0.406. The summed E-state index contributed by atoms with van der Waals surface area (Å²) in [6.45, 7) is 9.77. The minimum atomic E-state index is -0.691. The van der Waals surface area contributed by atoms with Crippen LogP contribution in [0, 0.1) is 5.92 Å². The fourth-order valence-electron chi connectivity index (χ4n) is 4.32. The first-order valence-corrected chi connectivity index (χ1v) is 11.3. The summed E-state index contributed by atoms with van der Waals surface area (Å²) in [4.78, 5) is 44.5. The minimum absolute atomic E-state index is 0.00793. The van der Waals surface area contributed by atoms with Gasteiger partial charge in [-0.15, -0.1) is 0 Å². The molecule has 0 bridgehead atoms. The monoisotopic (exact) mass is 445 g/mol. The number of benzene rings is 1. The molecule has 0 unspecified atom stereocenters. The van der Waals surface area contributed by atoms with Gasteiger partial charge in [-0.2, -0.15) is 0 Å². The van der Waals surface area contributed by atoms with Gasteiger partial charge in [0.05, 0.1) is 12.1 Å². The van der Waals surface area contributed by atoms with Crippen LogP contribution in [-0.2, 0) is 25.7 Å². The molecular weight excluding hydrogens is 406 g/mol. The second-order valence-corrected chi connectivity index (χ2v) is 10.2. The number of carbonyl (C=O) groups excluding carboxylic acids is 3.